The number of Topliss-reactive ketones (excluding diaryl/α,β-unsaturated/α-hetero) is 1. The smallest absolute Gasteiger partial charge is 0.296 e. The molecular weight excluding hydrogens is 446 g/mol. The van der Waals surface area contributed by atoms with Crippen LogP contribution in [0.4, 0.5) is 0 Å². The van der Waals surface area contributed by atoms with Crippen molar-refractivity contribution in [2.75, 3.05) is 13.7 Å². The molecule has 0 bridgehead atoms. The van der Waals surface area contributed by atoms with Gasteiger partial charge in [0.05, 0.1) is 43.2 Å². The zero-order valence-electron chi connectivity index (χ0n) is 18.1. The number of para-hydroxylation sites is 1. The van der Waals surface area contributed by atoms with Gasteiger partial charge >= 0.3 is 0 Å². The van der Waals surface area contributed by atoms with E-state index in [0.29, 0.717) is 40.0 Å². The van der Waals surface area contributed by atoms with Crippen LogP contribution in [0.25, 0.3) is 5.76 Å². The number of ether oxygens (including phenoxy) is 2. The van der Waals surface area contributed by atoms with E-state index >= 15 is 0 Å². The highest BCUT2D eigenvalue weighted by Crippen LogP contribution is 2.43. The molecule has 1 fully saturated rings. The van der Waals surface area contributed by atoms with Crippen LogP contribution < -0.4 is 9.47 Å². The van der Waals surface area contributed by atoms with E-state index in [2.05, 4.69) is 0 Å². The number of carbonyl (C=O) groups is 2. The molecule has 1 aliphatic heterocycles. The number of benzene rings is 2. The summed E-state index contributed by atoms with van der Waals surface area (Å²) in [5.41, 5.74) is 0.811. The molecule has 3 aromatic rings. The lowest BCUT2D eigenvalue weighted by Gasteiger charge is -2.25. The first-order chi connectivity index (χ1) is 16.0. The molecule has 170 valence electrons. The van der Waals surface area contributed by atoms with Gasteiger partial charge in [-0.3, -0.25) is 9.59 Å². The van der Waals surface area contributed by atoms with Crippen molar-refractivity contribution in [2.45, 2.75) is 19.5 Å². The van der Waals surface area contributed by atoms with Crippen molar-refractivity contribution < 1.29 is 28.6 Å². The third kappa shape index (κ3) is 4.19. The molecule has 8 heteroatoms. The molecule has 2 aromatic carbocycles. The molecule has 7 nitrogen and oxygen atoms in total. The summed E-state index contributed by atoms with van der Waals surface area (Å²) in [7, 11) is 1.51. The van der Waals surface area contributed by atoms with Crippen molar-refractivity contribution >= 4 is 29.1 Å². The second kappa shape index (κ2) is 9.42. The van der Waals surface area contributed by atoms with Crippen LogP contribution >= 0.6 is 11.6 Å². The first kappa shape index (κ1) is 22.5. The highest BCUT2D eigenvalue weighted by Gasteiger charge is 2.47. The van der Waals surface area contributed by atoms with E-state index in [1.165, 1.54) is 18.3 Å². The van der Waals surface area contributed by atoms with Gasteiger partial charge in [0.2, 0.25) is 0 Å². The number of aliphatic hydroxyl groups is 1. The summed E-state index contributed by atoms with van der Waals surface area (Å²) >= 11 is 6.18. The number of halogens is 1. The van der Waals surface area contributed by atoms with Gasteiger partial charge in [0, 0.05) is 11.1 Å². The lowest BCUT2D eigenvalue weighted by molar-refractivity contribution is -0.140. The van der Waals surface area contributed by atoms with E-state index in [1.54, 1.807) is 54.6 Å². The number of carbonyl (C=O) groups excluding carboxylic acids is 2. The van der Waals surface area contributed by atoms with Crippen molar-refractivity contribution in [3.63, 3.8) is 0 Å². The average Bonchev–Trinajstić information content (AvgIpc) is 3.42. The number of nitrogens with zero attached hydrogens (tertiary/aromatic N) is 1. The lowest BCUT2D eigenvalue weighted by Crippen LogP contribution is -2.29. The Morgan fingerprint density at radius 3 is 2.61 bits per heavy atom. The summed E-state index contributed by atoms with van der Waals surface area (Å²) in [5, 5.41) is 11.6. The standard InChI is InChI=1S/C25H22ClNO6/c1-3-32-20-13-15(10-11-18(20)26)23(28)21-22(17-8-4-5-9-19(17)31-2)27(25(30)24(21)29)14-16-7-6-12-33-16/h4-13,22,28H,3,14H2,1-2H3/b23-21+. The number of amides is 1. The molecule has 1 atom stereocenters. The Bertz CT molecular complexity index is 1220. The van der Waals surface area contributed by atoms with Crippen molar-refractivity contribution in [2.24, 2.45) is 0 Å². The first-order valence-corrected chi connectivity index (χ1v) is 10.7. The maximum absolute atomic E-state index is 13.2. The molecule has 1 amide bonds. The van der Waals surface area contributed by atoms with Crippen LogP contribution in [0.3, 0.4) is 0 Å². The minimum absolute atomic E-state index is 0.0435. The maximum Gasteiger partial charge on any atom is 0.296 e. The lowest BCUT2D eigenvalue weighted by atomic mass is 9.94. The molecule has 0 saturated carbocycles. The summed E-state index contributed by atoms with van der Waals surface area (Å²) in [6, 6.07) is 14.3. The molecule has 0 spiro atoms. The monoisotopic (exact) mass is 467 g/mol. The Hall–Kier alpha value is -3.71. The molecular formula is C25H22ClNO6. The van der Waals surface area contributed by atoms with Gasteiger partial charge in [0.1, 0.15) is 23.0 Å². The molecule has 2 heterocycles. The quantitative estimate of drug-likeness (QED) is 0.300. The fraction of sp³-hybridized carbons (Fsp3) is 0.200. The van der Waals surface area contributed by atoms with E-state index in [0.717, 1.165) is 0 Å². The minimum Gasteiger partial charge on any atom is -0.507 e. The van der Waals surface area contributed by atoms with E-state index in [1.807, 2.05) is 6.92 Å². The van der Waals surface area contributed by atoms with E-state index < -0.39 is 17.7 Å². The second-order valence-corrected chi connectivity index (χ2v) is 7.73. The Balaban J connectivity index is 1.90. The molecule has 1 aliphatic rings. The van der Waals surface area contributed by atoms with Crippen LogP contribution in [0, 0.1) is 0 Å². The first-order valence-electron chi connectivity index (χ1n) is 10.3. The molecule has 1 N–H and O–H groups in total. The fourth-order valence-electron chi connectivity index (χ4n) is 3.90. The van der Waals surface area contributed by atoms with Gasteiger partial charge in [-0.05, 0) is 43.3 Å². The number of hydrogen-bond acceptors (Lipinski definition) is 6. The number of hydrogen-bond donors (Lipinski definition) is 1. The van der Waals surface area contributed by atoms with E-state index in [4.69, 9.17) is 25.5 Å². The van der Waals surface area contributed by atoms with Crippen LogP contribution in [-0.2, 0) is 16.1 Å². The summed E-state index contributed by atoms with van der Waals surface area (Å²) < 4.78 is 16.4. The third-order valence-electron chi connectivity index (χ3n) is 5.38. The SMILES string of the molecule is CCOc1cc(/C(O)=C2\C(=O)C(=O)N(Cc3ccco3)C2c2ccccc2OC)ccc1Cl. The number of methoxy groups -OCH3 is 1. The zero-order chi connectivity index (χ0) is 23.5. The van der Waals surface area contributed by atoms with Crippen molar-refractivity contribution in [1.29, 1.82) is 0 Å². The van der Waals surface area contributed by atoms with Gasteiger partial charge < -0.3 is 23.9 Å². The number of ketones is 1. The topological polar surface area (TPSA) is 89.2 Å². The Labute approximate surface area is 195 Å². The van der Waals surface area contributed by atoms with Crippen LogP contribution in [-0.4, -0.2) is 35.4 Å². The van der Waals surface area contributed by atoms with Gasteiger partial charge in [0.15, 0.2) is 0 Å². The largest absolute Gasteiger partial charge is 0.507 e. The highest BCUT2D eigenvalue weighted by atomic mass is 35.5. The third-order valence-corrected chi connectivity index (χ3v) is 5.70. The number of furan rings is 1. The molecule has 33 heavy (non-hydrogen) atoms. The molecule has 4 rings (SSSR count). The van der Waals surface area contributed by atoms with Gasteiger partial charge in [-0.25, -0.2) is 0 Å². The highest BCUT2D eigenvalue weighted by molar-refractivity contribution is 6.46. The van der Waals surface area contributed by atoms with Gasteiger partial charge in [-0.1, -0.05) is 29.8 Å². The fourth-order valence-corrected chi connectivity index (χ4v) is 4.07. The maximum atomic E-state index is 13.2. The van der Waals surface area contributed by atoms with Crippen LogP contribution in [0.5, 0.6) is 11.5 Å². The van der Waals surface area contributed by atoms with E-state index in [-0.39, 0.29) is 17.9 Å². The van der Waals surface area contributed by atoms with E-state index in [9.17, 15) is 14.7 Å². The van der Waals surface area contributed by atoms with Crippen molar-refractivity contribution in [3.8, 4) is 11.5 Å². The summed E-state index contributed by atoms with van der Waals surface area (Å²) in [5.74, 6) is -0.538. The number of rotatable bonds is 7. The summed E-state index contributed by atoms with van der Waals surface area (Å²) in [4.78, 5) is 27.6. The van der Waals surface area contributed by atoms with Crippen LogP contribution in [0.15, 0.2) is 70.9 Å². The average molecular weight is 468 g/mol. The Kier molecular flexibility index (Phi) is 6.42. The normalized spacial score (nSPS) is 17.4. The predicted octanol–water partition coefficient (Wildman–Crippen LogP) is 4.96. The van der Waals surface area contributed by atoms with Gasteiger partial charge in [-0.2, -0.15) is 0 Å². The molecule has 0 radical (unpaired) electrons. The van der Waals surface area contributed by atoms with Crippen LogP contribution in [0.2, 0.25) is 5.02 Å². The van der Waals surface area contributed by atoms with Crippen molar-refractivity contribution in [1.82, 2.24) is 4.90 Å². The molecule has 1 saturated heterocycles. The number of likely N-dealkylation sites (tertiary alicyclic amines) is 1. The number of aliphatic hydroxyl groups excluding tert-OH is 1. The Morgan fingerprint density at radius 1 is 1.12 bits per heavy atom. The van der Waals surface area contributed by atoms with Crippen LogP contribution in [0.1, 0.15) is 29.9 Å². The second-order valence-electron chi connectivity index (χ2n) is 7.33. The molecule has 0 aliphatic carbocycles. The summed E-state index contributed by atoms with van der Waals surface area (Å²) in [6.45, 7) is 2.23. The minimum atomic E-state index is -0.891. The summed E-state index contributed by atoms with van der Waals surface area (Å²) in [6.07, 6.45) is 1.49. The van der Waals surface area contributed by atoms with Gasteiger partial charge in [-0.15, -0.1) is 0 Å². The van der Waals surface area contributed by atoms with Gasteiger partial charge in [0.25, 0.3) is 11.7 Å². The molecule has 1 aromatic heterocycles. The Morgan fingerprint density at radius 2 is 1.91 bits per heavy atom. The molecule has 1 unspecified atom stereocenters. The predicted molar refractivity (Wildman–Crippen MR) is 122 cm³/mol. The van der Waals surface area contributed by atoms with Crippen molar-refractivity contribution in [3.05, 3.63) is 88.3 Å². The zero-order valence-corrected chi connectivity index (χ0v) is 18.8.